The van der Waals surface area contributed by atoms with Gasteiger partial charge in [-0.15, -0.1) is 0 Å². The van der Waals surface area contributed by atoms with E-state index in [-0.39, 0.29) is 42.2 Å². The van der Waals surface area contributed by atoms with E-state index in [4.69, 9.17) is 25.3 Å². The van der Waals surface area contributed by atoms with E-state index in [0.29, 0.717) is 5.82 Å². The Morgan fingerprint density at radius 1 is 1.07 bits per heavy atom. The number of benzene rings is 2. The van der Waals surface area contributed by atoms with Crippen molar-refractivity contribution >= 4 is 30.5 Å². The van der Waals surface area contributed by atoms with Gasteiger partial charge in [0.1, 0.15) is 35.6 Å². The van der Waals surface area contributed by atoms with Crippen LogP contribution in [0.5, 0.6) is 0 Å². The number of hydrogen-bond donors (Lipinski definition) is 5. The molecule has 14 heteroatoms. The summed E-state index contributed by atoms with van der Waals surface area (Å²) in [6.07, 6.45) is -3.87. The molecule has 1 fully saturated rings. The number of carbonyl (C=O) groups excluding carboxylic acids is 1. The smallest absolute Gasteiger partial charge is 0.387 e. The Morgan fingerprint density at radius 3 is 2.50 bits per heavy atom. The van der Waals surface area contributed by atoms with Crippen molar-refractivity contribution in [2.45, 2.75) is 51.5 Å². The van der Waals surface area contributed by atoms with Gasteiger partial charge in [-0.25, -0.2) is 19.6 Å². The monoisotopic (exact) mass is 596 g/mol. The lowest BCUT2D eigenvalue weighted by atomic mass is 10.1. The molecule has 1 saturated heterocycles. The van der Waals surface area contributed by atoms with Gasteiger partial charge in [0.15, 0.2) is 6.23 Å². The highest BCUT2D eigenvalue weighted by Crippen LogP contribution is 2.46. The minimum Gasteiger partial charge on any atom is -0.387 e. The molecule has 5 atom stereocenters. The molecule has 2 aromatic heterocycles. The molecule has 2 aromatic carbocycles. The molecule has 1 unspecified atom stereocenters. The summed E-state index contributed by atoms with van der Waals surface area (Å²) in [5.74, 6) is -0.421. The molecule has 3 heterocycles. The number of nitrogen functional groups attached to an aromatic ring is 1. The first kappa shape index (κ1) is 29.8. The van der Waals surface area contributed by atoms with E-state index in [1.807, 2.05) is 61.5 Å². The Hall–Kier alpha value is -3.68. The number of rotatable bonds is 11. The summed E-state index contributed by atoms with van der Waals surface area (Å²) in [6, 6.07) is 16.8. The Balaban J connectivity index is 1.36. The quantitative estimate of drug-likeness (QED) is 0.160. The van der Waals surface area contributed by atoms with Crippen LogP contribution in [0.25, 0.3) is 11.0 Å². The highest BCUT2D eigenvalue weighted by molar-refractivity contribution is 7.51. The Morgan fingerprint density at radius 2 is 1.79 bits per heavy atom. The van der Waals surface area contributed by atoms with Crippen LogP contribution in [0.3, 0.4) is 0 Å². The first-order chi connectivity index (χ1) is 20.1. The molecule has 13 nitrogen and oxygen atoms in total. The fraction of sp³-hybridized carbons (Fsp3) is 0.321. The molecule has 0 spiro atoms. The third-order valence-electron chi connectivity index (χ3n) is 7.07. The van der Waals surface area contributed by atoms with E-state index in [1.165, 1.54) is 10.8 Å². The zero-order valence-corrected chi connectivity index (χ0v) is 24.0. The topological polar surface area (TPSA) is 197 Å². The number of ether oxygens (including phenoxy) is 1. The number of hydrogen-bond acceptors (Lipinski definition) is 10. The zero-order valence-electron chi connectivity index (χ0n) is 23.1. The Kier molecular flexibility index (Phi) is 8.71. The summed E-state index contributed by atoms with van der Waals surface area (Å²) in [5.41, 5.74) is 14.5. The molecule has 0 radical (unpaired) electrons. The molecule has 1 aliphatic rings. The van der Waals surface area contributed by atoms with Gasteiger partial charge in [-0.3, -0.25) is 13.8 Å². The number of nitrogens with two attached hydrogens (primary N) is 2. The van der Waals surface area contributed by atoms with Crippen molar-refractivity contribution in [1.82, 2.24) is 19.6 Å². The van der Waals surface area contributed by atoms with Gasteiger partial charge in [0.05, 0.1) is 24.2 Å². The van der Waals surface area contributed by atoms with Gasteiger partial charge in [-0.1, -0.05) is 54.6 Å². The van der Waals surface area contributed by atoms with Crippen molar-refractivity contribution in [2.24, 2.45) is 5.73 Å². The SMILES string of the molecule is Cc1nc(N)c2c(C(N)=O)cn([C@@H]3O[C@H](COP(=O)(NCc4ccccc4)OCc4ccccc4C)[C@@H](O)[C@H]3O)c2n1. The van der Waals surface area contributed by atoms with Crippen molar-refractivity contribution in [3.63, 3.8) is 0 Å². The van der Waals surface area contributed by atoms with Crippen LogP contribution >= 0.6 is 7.75 Å². The van der Waals surface area contributed by atoms with Crippen molar-refractivity contribution in [3.8, 4) is 0 Å². The van der Waals surface area contributed by atoms with Crippen LogP contribution in [0, 0.1) is 13.8 Å². The Labute approximate surface area is 242 Å². The lowest BCUT2D eigenvalue weighted by Crippen LogP contribution is -2.34. The van der Waals surface area contributed by atoms with Crippen molar-refractivity contribution in [3.05, 3.63) is 88.9 Å². The molecule has 0 bridgehead atoms. The molecule has 4 aromatic rings. The Bertz CT molecular complexity index is 1630. The average molecular weight is 597 g/mol. The zero-order chi connectivity index (χ0) is 30.0. The van der Waals surface area contributed by atoms with Gasteiger partial charge in [0.25, 0.3) is 5.91 Å². The van der Waals surface area contributed by atoms with Crippen LogP contribution in [0.4, 0.5) is 5.82 Å². The third kappa shape index (κ3) is 6.22. The summed E-state index contributed by atoms with van der Waals surface area (Å²) in [4.78, 5) is 20.6. The minimum atomic E-state index is -3.95. The third-order valence-corrected chi connectivity index (χ3v) is 8.57. The number of aryl methyl sites for hydroxylation is 2. The van der Waals surface area contributed by atoms with Gasteiger partial charge in [0.2, 0.25) is 0 Å². The maximum absolute atomic E-state index is 13.9. The fourth-order valence-electron chi connectivity index (χ4n) is 4.78. The van der Waals surface area contributed by atoms with Gasteiger partial charge in [0, 0.05) is 12.7 Å². The molecule has 1 amide bonds. The largest absolute Gasteiger partial charge is 0.406 e. The molecule has 0 aliphatic carbocycles. The highest BCUT2D eigenvalue weighted by atomic mass is 31.2. The maximum atomic E-state index is 13.9. The number of nitrogens with one attached hydrogen (secondary N) is 1. The summed E-state index contributed by atoms with van der Waals surface area (Å²) < 4.78 is 32.8. The maximum Gasteiger partial charge on any atom is 0.406 e. The number of aliphatic hydroxyl groups excluding tert-OH is 2. The average Bonchev–Trinajstić information content (AvgIpc) is 3.48. The number of anilines is 1. The lowest BCUT2D eigenvalue weighted by Gasteiger charge is -2.22. The van der Waals surface area contributed by atoms with Crippen LogP contribution in [0.2, 0.25) is 0 Å². The predicted molar refractivity (Wildman–Crippen MR) is 154 cm³/mol. The second kappa shape index (κ2) is 12.3. The molecule has 7 N–H and O–H groups in total. The van der Waals surface area contributed by atoms with Crippen molar-refractivity contribution in [2.75, 3.05) is 12.3 Å². The molecule has 42 heavy (non-hydrogen) atoms. The number of nitrogens with zero attached hydrogens (tertiary/aromatic N) is 3. The fourth-order valence-corrected chi connectivity index (χ4v) is 6.06. The lowest BCUT2D eigenvalue weighted by molar-refractivity contribution is -0.0493. The van der Waals surface area contributed by atoms with Gasteiger partial charge >= 0.3 is 7.75 Å². The summed E-state index contributed by atoms with van der Waals surface area (Å²) in [5, 5.41) is 24.9. The van der Waals surface area contributed by atoms with Gasteiger partial charge in [-0.05, 0) is 30.5 Å². The van der Waals surface area contributed by atoms with Crippen LogP contribution in [-0.4, -0.2) is 55.6 Å². The first-order valence-corrected chi connectivity index (χ1v) is 14.8. The van der Waals surface area contributed by atoms with Crippen LogP contribution in [-0.2, 0) is 31.5 Å². The number of aromatic nitrogens is 3. The van der Waals surface area contributed by atoms with E-state index in [9.17, 15) is 19.6 Å². The van der Waals surface area contributed by atoms with E-state index in [1.54, 1.807) is 6.92 Å². The van der Waals surface area contributed by atoms with Crippen LogP contribution in [0.15, 0.2) is 60.8 Å². The van der Waals surface area contributed by atoms with E-state index in [2.05, 4.69) is 15.1 Å². The highest BCUT2D eigenvalue weighted by Gasteiger charge is 2.45. The van der Waals surface area contributed by atoms with Crippen molar-refractivity contribution < 1.29 is 33.4 Å². The number of primary amides is 1. The summed E-state index contributed by atoms with van der Waals surface area (Å²) >= 11 is 0. The molecule has 1 aliphatic heterocycles. The van der Waals surface area contributed by atoms with Crippen LogP contribution in [0.1, 0.15) is 39.1 Å². The molecular formula is C28H33N6O7P. The van der Waals surface area contributed by atoms with Gasteiger partial charge < -0.3 is 31.0 Å². The van der Waals surface area contributed by atoms with E-state index >= 15 is 0 Å². The molecular weight excluding hydrogens is 563 g/mol. The first-order valence-electron chi connectivity index (χ1n) is 13.2. The molecule has 222 valence electrons. The van der Waals surface area contributed by atoms with E-state index < -0.39 is 38.2 Å². The number of aliphatic hydroxyl groups is 2. The summed E-state index contributed by atoms with van der Waals surface area (Å²) in [7, 11) is -3.95. The van der Waals surface area contributed by atoms with Crippen molar-refractivity contribution in [1.29, 1.82) is 0 Å². The normalized spacial score (nSPS) is 21.9. The standard InChI is InChI=1S/C28H33N6O7P/c1-16-8-6-7-11-19(16)14-39-42(38,31-12-18-9-4-3-5-10-18)40-15-21-23(35)24(36)28(41-21)34-13-20(26(30)37)22-25(29)32-17(2)33-27(22)34/h3-11,13,21,23-24,28,35-36H,12,14-15H2,1-2H3,(H2,30,37)(H,31,38)(H2,29,32,33)/t21-,23-,24-,28-,42?/m1/s1. The second-order valence-electron chi connectivity index (χ2n) is 10.0. The number of amides is 1. The second-order valence-corrected chi connectivity index (χ2v) is 11.9. The predicted octanol–water partition coefficient (Wildman–Crippen LogP) is 2.48. The minimum absolute atomic E-state index is 0.0107. The summed E-state index contributed by atoms with van der Waals surface area (Å²) in [6.45, 7) is 3.35. The molecule has 0 saturated carbocycles. The van der Waals surface area contributed by atoms with E-state index in [0.717, 1.165) is 16.7 Å². The number of carbonyl (C=O) groups is 1. The van der Waals surface area contributed by atoms with Gasteiger partial charge in [-0.2, -0.15) is 0 Å². The van der Waals surface area contributed by atoms with Crippen LogP contribution < -0.4 is 16.6 Å². The molecule has 5 rings (SSSR count). The number of fused-ring (bicyclic) bond motifs is 1.